The van der Waals surface area contributed by atoms with E-state index in [1.54, 1.807) is 13.0 Å². The van der Waals surface area contributed by atoms with Crippen molar-refractivity contribution >= 4 is 17.6 Å². The van der Waals surface area contributed by atoms with Gasteiger partial charge in [-0.2, -0.15) is 0 Å². The Morgan fingerprint density at radius 3 is 2.48 bits per heavy atom. The number of unbranched alkanes of at least 4 members (excludes halogenated alkanes) is 6. The van der Waals surface area contributed by atoms with Crippen molar-refractivity contribution in [2.45, 2.75) is 65.2 Å². The fraction of sp³-hybridized carbons (Fsp3) is 0.500. The third-order valence-corrected chi connectivity index (χ3v) is 5.16. The molecule has 1 N–H and O–H groups in total. The Labute approximate surface area is 166 Å². The number of rotatable bonds is 11. The standard InChI is InChI=1S/C22H29ClFNO2/c1-3-5-6-7-8-9-10-12-16-13-11-14-17(19(16)23)18-15-25-21(20(18)24)22(26)27-4-2/h11,13-15,25H,3-10,12H2,1-2H3. The molecule has 148 valence electrons. The first-order valence-electron chi connectivity index (χ1n) is 9.91. The first-order valence-corrected chi connectivity index (χ1v) is 10.3. The van der Waals surface area contributed by atoms with Crippen LogP contribution in [0.15, 0.2) is 24.4 Å². The molecule has 0 radical (unpaired) electrons. The van der Waals surface area contributed by atoms with Gasteiger partial charge in [0.15, 0.2) is 11.5 Å². The molecule has 27 heavy (non-hydrogen) atoms. The average Bonchev–Trinajstić information content (AvgIpc) is 3.04. The van der Waals surface area contributed by atoms with Crippen molar-refractivity contribution in [1.82, 2.24) is 4.98 Å². The van der Waals surface area contributed by atoms with Gasteiger partial charge in [-0.1, -0.05) is 75.2 Å². The van der Waals surface area contributed by atoms with Crippen LogP contribution in [0.5, 0.6) is 0 Å². The summed E-state index contributed by atoms with van der Waals surface area (Å²) in [6.45, 7) is 4.10. The average molecular weight is 394 g/mol. The maximum absolute atomic E-state index is 14.7. The Morgan fingerprint density at radius 2 is 1.78 bits per heavy atom. The minimum absolute atomic E-state index is 0.166. The summed E-state index contributed by atoms with van der Waals surface area (Å²) in [5.41, 5.74) is 1.74. The third-order valence-electron chi connectivity index (χ3n) is 4.71. The van der Waals surface area contributed by atoms with Crippen molar-refractivity contribution in [3.8, 4) is 11.1 Å². The first-order chi connectivity index (χ1) is 13.1. The molecule has 0 aliphatic rings. The van der Waals surface area contributed by atoms with E-state index in [0.29, 0.717) is 16.1 Å². The maximum Gasteiger partial charge on any atom is 0.357 e. The number of ether oxygens (including phenoxy) is 1. The molecule has 0 amide bonds. The number of aryl methyl sites for hydroxylation is 1. The molecule has 1 heterocycles. The Kier molecular flexibility index (Phi) is 8.86. The molecule has 1 aromatic heterocycles. The zero-order valence-electron chi connectivity index (χ0n) is 16.2. The minimum Gasteiger partial charge on any atom is -0.461 e. The van der Waals surface area contributed by atoms with Crippen molar-refractivity contribution in [3.05, 3.63) is 46.5 Å². The molecule has 1 aromatic carbocycles. The molecule has 0 bridgehead atoms. The van der Waals surface area contributed by atoms with Crippen molar-refractivity contribution in [1.29, 1.82) is 0 Å². The number of carbonyl (C=O) groups is 1. The summed E-state index contributed by atoms with van der Waals surface area (Å²) in [5.74, 6) is -1.32. The Morgan fingerprint density at radius 1 is 1.07 bits per heavy atom. The lowest BCUT2D eigenvalue weighted by molar-refractivity contribution is 0.0515. The molecule has 2 aromatic rings. The van der Waals surface area contributed by atoms with Crippen molar-refractivity contribution in [2.24, 2.45) is 0 Å². The van der Waals surface area contributed by atoms with Gasteiger partial charge in [0.2, 0.25) is 0 Å². The summed E-state index contributed by atoms with van der Waals surface area (Å²) in [4.78, 5) is 14.5. The van der Waals surface area contributed by atoms with E-state index in [-0.39, 0.29) is 12.3 Å². The van der Waals surface area contributed by atoms with Crippen LogP contribution in [0.4, 0.5) is 4.39 Å². The predicted octanol–water partition coefficient (Wildman–Crippen LogP) is 6.94. The number of nitrogens with one attached hydrogen (secondary N) is 1. The highest BCUT2D eigenvalue weighted by Crippen LogP contribution is 2.34. The SMILES string of the molecule is CCCCCCCCCc1cccc(-c2c[nH]c(C(=O)OCC)c2F)c1Cl. The summed E-state index contributed by atoms with van der Waals surface area (Å²) in [6, 6.07) is 5.64. The number of H-pyrrole nitrogens is 1. The fourth-order valence-corrected chi connectivity index (χ4v) is 3.53. The number of hydrogen-bond donors (Lipinski definition) is 1. The highest BCUT2D eigenvalue weighted by atomic mass is 35.5. The van der Waals surface area contributed by atoms with Gasteiger partial charge in [0, 0.05) is 17.3 Å². The van der Waals surface area contributed by atoms with Crippen molar-refractivity contribution in [2.75, 3.05) is 6.61 Å². The van der Waals surface area contributed by atoms with Crippen LogP contribution in [0.1, 0.15) is 74.8 Å². The molecule has 0 saturated heterocycles. The van der Waals surface area contributed by atoms with E-state index in [4.69, 9.17) is 16.3 Å². The Hall–Kier alpha value is -1.81. The van der Waals surface area contributed by atoms with Crippen LogP contribution in [0.25, 0.3) is 11.1 Å². The quantitative estimate of drug-likeness (QED) is 0.331. The van der Waals surface area contributed by atoms with E-state index in [0.717, 1.165) is 18.4 Å². The van der Waals surface area contributed by atoms with Gasteiger partial charge in [-0.3, -0.25) is 0 Å². The second-order valence-electron chi connectivity index (χ2n) is 6.76. The molecule has 0 aliphatic heterocycles. The van der Waals surface area contributed by atoms with Crippen LogP contribution in [0, 0.1) is 5.82 Å². The smallest absolute Gasteiger partial charge is 0.357 e. The van der Waals surface area contributed by atoms with Gasteiger partial charge in [-0.05, 0) is 25.3 Å². The predicted molar refractivity (Wildman–Crippen MR) is 109 cm³/mol. The zero-order chi connectivity index (χ0) is 19.6. The molecule has 0 atom stereocenters. The van der Waals surface area contributed by atoms with Crippen molar-refractivity contribution < 1.29 is 13.9 Å². The number of carbonyl (C=O) groups excluding carboxylic acids is 1. The molecular weight excluding hydrogens is 365 g/mol. The Bertz CT molecular complexity index is 742. The van der Waals surface area contributed by atoms with Crippen LogP contribution in [0.2, 0.25) is 5.02 Å². The monoisotopic (exact) mass is 393 g/mol. The second kappa shape index (κ2) is 11.1. The molecule has 0 fully saturated rings. The normalized spacial score (nSPS) is 11.0. The summed E-state index contributed by atoms with van der Waals surface area (Å²) in [7, 11) is 0. The van der Waals surface area contributed by atoms with E-state index in [1.165, 1.54) is 44.7 Å². The lowest BCUT2D eigenvalue weighted by atomic mass is 10.00. The van der Waals surface area contributed by atoms with E-state index in [9.17, 15) is 9.18 Å². The van der Waals surface area contributed by atoms with Crippen LogP contribution >= 0.6 is 11.6 Å². The summed E-state index contributed by atoms with van der Waals surface area (Å²) in [6.07, 6.45) is 11.0. The van der Waals surface area contributed by atoms with Gasteiger partial charge in [0.05, 0.1) is 11.6 Å². The Balaban J connectivity index is 2.03. The lowest BCUT2D eigenvalue weighted by Gasteiger charge is -2.09. The van der Waals surface area contributed by atoms with E-state index in [1.807, 2.05) is 12.1 Å². The van der Waals surface area contributed by atoms with E-state index in [2.05, 4.69) is 11.9 Å². The number of benzene rings is 1. The molecule has 2 rings (SSSR count). The maximum atomic E-state index is 14.7. The third kappa shape index (κ3) is 5.83. The molecule has 0 aliphatic carbocycles. The second-order valence-corrected chi connectivity index (χ2v) is 7.14. The van der Waals surface area contributed by atoms with Gasteiger partial charge in [-0.25, -0.2) is 9.18 Å². The van der Waals surface area contributed by atoms with Gasteiger partial charge in [0.1, 0.15) is 0 Å². The number of aromatic nitrogens is 1. The van der Waals surface area contributed by atoms with Gasteiger partial charge < -0.3 is 9.72 Å². The summed E-state index contributed by atoms with van der Waals surface area (Å²) >= 11 is 6.55. The summed E-state index contributed by atoms with van der Waals surface area (Å²) < 4.78 is 19.5. The van der Waals surface area contributed by atoms with E-state index < -0.39 is 11.8 Å². The van der Waals surface area contributed by atoms with Crippen LogP contribution in [-0.2, 0) is 11.2 Å². The van der Waals surface area contributed by atoms with Gasteiger partial charge in [0.25, 0.3) is 0 Å². The number of aromatic amines is 1. The number of hydrogen-bond acceptors (Lipinski definition) is 2. The molecule has 0 unspecified atom stereocenters. The molecule has 5 heteroatoms. The van der Waals surface area contributed by atoms with Crippen LogP contribution in [0.3, 0.4) is 0 Å². The van der Waals surface area contributed by atoms with Crippen LogP contribution in [-0.4, -0.2) is 17.6 Å². The minimum atomic E-state index is -0.698. The number of esters is 1. The summed E-state index contributed by atoms with van der Waals surface area (Å²) in [5, 5.41) is 0.553. The molecular formula is C22H29ClFNO2. The fourth-order valence-electron chi connectivity index (χ4n) is 3.21. The zero-order valence-corrected chi connectivity index (χ0v) is 17.0. The highest BCUT2D eigenvalue weighted by molar-refractivity contribution is 6.34. The number of halogens is 2. The first kappa shape index (κ1) is 21.5. The largest absolute Gasteiger partial charge is 0.461 e. The van der Waals surface area contributed by atoms with Gasteiger partial charge >= 0.3 is 5.97 Å². The lowest BCUT2D eigenvalue weighted by Crippen LogP contribution is -2.06. The van der Waals surface area contributed by atoms with Gasteiger partial charge in [-0.15, -0.1) is 0 Å². The van der Waals surface area contributed by atoms with E-state index >= 15 is 0 Å². The molecule has 3 nitrogen and oxygen atoms in total. The topological polar surface area (TPSA) is 42.1 Å². The van der Waals surface area contributed by atoms with Crippen molar-refractivity contribution in [3.63, 3.8) is 0 Å². The molecule has 0 spiro atoms. The van der Waals surface area contributed by atoms with Crippen LogP contribution < -0.4 is 0 Å². The highest BCUT2D eigenvalue weighted by Gasteiger charge is 2.21. The molecule has 0 saturated carbocycles.